The monoisotopic (exact) mass is 268 g/mol. The molecule has 0 bridgehead atoms. The lowest BCUT2D eigenvalue weighted by Crippen LogP contribution is -2.48. The average molecular weight is 268 g/mol. The SMILES string of the molecule is CC1CCN(C(=NCC(=O)N(C)C)NC(C)C)CC1. The van der Waals surface area contributed by atoms with Crippen LogP contribution in [0.3, 0.4) is 0 Å². The largest absolute Gasteiger partial charge is 0.354 e. The van der Waals surface area contributed by atoms with Gasteiger partial charge >= 0.3 is 0 Å². The van der Waals surface area contributed by atoms with Gasteiger partial charge in [-0.2, -0.15) is 0 Å². The summed E-state index contributed by atoms with van der Waals surface area (Å²) >= 11 is 0. The zero-order chi connectivity index (χ0) is 14.4. The third-order valence-electron chi connectivity index (χ3n) is 3.36. The van der Waals surface area contributed by atoms with Crippen LogP contribution in [-0.2, 0) is 4.79 Å². The molecule has 5 heteroatoms. The molecule has 1 heterocycles. The Bertz CT molecular complexity index is 317. The average Bonchev–Trinajstić information content (AvgIpc) is 2.34. The van der Waals surface area contributed by atoms with Gasteiger partial charge in [0.1, 0.15) is 6.54 Å². The molecule has 0 unspecified atom stereocenters. The zero-order valence-electron chi connectivity index (χ0n) is 12.9. The summed E-state index contributed by atoms with van der Waals surface area (Å²) in [7, 11) is 3.52. The molecule has 1 amide bonds. The van der Waals surface area contributed by atoms with E-state index in [2.05, 4.69) is 36.0 Å². The van der Waals surface area contributed by atoms with Gasteiger partial charge in [-0.3, -0.25) is 4.79 Å². The summed E-state index contributed by atoms with van der Waals surface area (Å²) in [5, 5.41) is 3.36. The van der Waals surface area contributed by atoms with Crippen molar-refractivity contribution in [2.75, 3.05) is 33.7 Å². The van der Waals surface area contributed by atoms with E-state index >= 15 is 0 Å². The smallest absolute Gasteiger partial charge is 0.243 e. The maximum Gasteiger partial charge on any atom is 0.243 e. The molecule has 1 saturated heterocycles. The molecule has 1 aliphatic heterocycles. The van der Waals surface area contributed by atoms with Crippen molar-refractivity contribution in [1.82, 2.24) is 15.1 Å². The number of nitrogens with zero attached hydrogens (tertiary/aromatic N) is 3. The molecule has 19 heavy (non-hydrogen) atoms. The van der Waals surface area contributed by atoms with Crippen LogP contribution < -0.4 is 5.32 Å². The number of hydrogen-bond acceptors (Lipinski definition) is 2. The summed E-state index contributed by atoms with van der Waals surface area (Å²) < 4.78 is 0. The van der Waals surface area contributed by atoms with Crippen LogP contribution in [0, 0.1) is 5.92 Å². The number of guanidine groups is 1. The lowest BCUT2D eigenvalue weighted by Gasteiger charge is -2.33. The molecule has 1 fully saturated rings. The molecule has 0 spiro atoms. The molecule has 1 N–H and O–H groups in total. The Morgan fingerprint density at radius 3 is 2.42 bits per heavy atom. The molecular formula is C14H28N4O. The van der Waals surface area contributed by atoms with Crippen LogP contribution in [0.15, 0.2) is 4.99 Å². The summed E-state index contributed by atoms with van der Waals surface area (Å²) in [6.45, 7) is 8.74. The molecule has 0 aromatic heterocycles. The fourth-order valence-corrected chi connectivity index (χ4v) is 2.00. The minimum atomic E-state index is 0.0356. The van der Waals surface area contributed by atoms with Gasteiger partial charge in [0.25, 0.3) is 0 Å². The third kappa shape index (κ3) is 5.49. The molecule has 0 aromatic rings. The molecule has 1 aliphatic rings. The highest BCUT2D eigenvalue weighted by atomic mass is 16.2. The van der Waals surface area contributed by atoms with Crippen molar-refractivity contribution < 1.29 is 4.79 Å². The number of piperidine rings is 1. The van der Waals surface area contributed by atoms with Crippen molar-refractivity contribution in [3.8, 4) is 0 Å². The van der Waals surface area contributed by atoms with E-state index in [1.807, 2.05) is 0 Å². The predicted octanol–water partition coefficient (Wildman–Crippen LogP) is 1.16. The van der Waals surface area contributed by atoms with Gasteiger partial charge in [-0.05, 0) is 32.6 Å². The van der Waals surface area contributed by atoms with Crippen LogP contribution in [0.1, 0.15) is 33.6 Å². The first-order chi connectivity index (χ1) is 8.90. The Balaban J connectivity index is 2.65. The fraction of sp³-hybridized carbons (Fsp3) is 0.857. The Hall–Kier alpha value is -1.26. The minimum absolute atomic E-state index is 0.0356. The quantitative estimate of drug-likeness (QED) is 0.617. The molecule has 5 nitrogen and oxygen atoms in total. The van der Waals surface area contributed by atoms with Crippen LogP contribution in [0.5, 0.6) is 0 Å². The maximum absolute atomic E-state index is 11.6. The van der Waals surface area contributed by atoms with Crippen LogP contribution in [0.25, 0.3) is 0 Å². The number of carbonyl (C=O) groups excluding carboxylic acids is 1. The topological polar surface area (TPSA) is 47.9 Å². The third-order valence-corrected chi connectivity index (χ3v) is 3.36. The molecule has 0 radical (unpaired) electrons. The van der Waals surface area contributed by atoms with E-state index in [9.17, 15) is 4.79 Å². The lowest BCUT2D eigenvalue weighted by atomic mass is 9.99. The number of amides is 1. The van der Waals surface area contributed by atoms with E-state index in [0.29, 0.717) is 6.04 Å². The number of nitrogens with one attached hydrogen (secondary N) is 1. The lowest BCUT2D eigenvalue weighted by molar-refractivity contribution is -0.127. The van der Waals surface area contributed by atoms with E-state index in [0.717, 1.165) is 25.0 Å². The number of rotatable bonds is 3. The Morgan fingerprint density at radius 1 is 1.37 bits per heavy atom. The van der Waals surface area contributed by atoms with Gasteiger partial charge in [0, 0.05) is 33.2 Å². The molecule has 0 atom stereocenters. The summed E-state index contributed by atoms with van der Waals surface area (Å²) in [5.74, 6) is 1.70. The van der Waals surface area contributed by atoms with Gasteiger partial charge < -0.3 is 15.1 Å². The van der Waals surface area contributed by atoms with E-state index < -0.39 is 0 Å². The van der Waals surface area contributed by atoms with Gasteiger partial charge in [-0.25, -0.2) is 4.99 Å². The molecule has 1 rings (SSSR count). The normalized spacial score (nSPS) is 17.8. The standard InChI is InChI=1S/C14H28N4O/c1-11(2)16-14(15-10-13(19)17(4)5)18-8-6-12(3)7-9-18/h11-12H,6-10H2,1-5H3,(H,15,16). The van der Waals surface area contributed by atoms with Gasteiger partial charge in [0.2, 0.25) is 5.91 Å². The Morgan fingerprint density at radius 2 is 1.95 bits per heavy atom. The molecule has 0 saturated carbocycles. The van der Waals surface area contributed by atoms with Crippen molar-refractivity contribution in [1.29, 1.82) is 0 Å². The first kappa shape index (κ1) is 15.8. The number of likely N-dealkylation sites (tertiary alicyclic amines) is 1. The first-order valence-electron chi connectivity index (χ1n) is 7.16. The summed E-state index contributed by atoms with van der Waals surface area (Å²) in [6, 6.07) is 0.326. The second-order valence-electron chi connectivity index (χ2n) is 5.90. The maximum atomic E-state index is 11.6. The van der Waals surface area contributed by atoms with Crippen molar-refractivity contribution in [3.05, 3.63) is 0 Å². The van der Waals surface area contributed by atoms with E-state index in [1.165, 1.54) is 12.8 Å². The minimum Gasteiger partial charge on any atom is -0.354 e. The van der Waals surface area contributed by atoms with Gasteiger partial charge in [0.15, 0.2) is 5.96 Å². The van der Waals surface area contributed by atoms with E-state index in [4.69, 9.17) is 0 Å². The number of carbonyl (C=O) groups is 1. The highest BCUT2D eigenvalue weighted by Gasteiger charge is 2.19. The van der Waals surface area contributed by atoms with Gasteiger partial charge in [-0.15, -0.1) is 0 Å². The second-order valence-corrected chi connectivity index (χ2v) is 5.90. The Labute approximate surface area is 117 Å². The summed E-state index contributed by atoms with van der Waals surface area (Å²) in [5.41, 5.74) is 0. The van der Waals surface area contributed by atoms with Crippen molar-refractivity contribution in [3.63, 3.8) is 0 Å². The second kappa shape index (κ2) is 7.36. The Kier molecular flexibility index (Phi) is 6.12. The van der Waals surface area contributed by atoms with Gasteiger partial charge in [-0.1, -0.05) is 6.92 Å². The van der Waals surface area contributed by atoms with E-state index in [1.54, 1.807) is 19.0 Å². The number of likely N-dealkylation sites (N-methyl/N-ethyl adjacent to an activating group) is 1. The van der Waals surface area contributed by atoms with Crippen LogP contribution in [0.4, 0.5) is 0 Å². The van der Waals surface area contributed by atoms with E-state index in [-0.39, 0.29) is 12.5 Å². The number of hydrogen-bond donors (Lipinski definition) is 1. The highest BCUT2D eigenvalue weighted by Crippen LogP contribution is 2.16. The molecular weight excluding hydrogens is 240 g/mol. The van der Waals surface area contributed by atoms with Crippen molar-refractivity contribution in [2.45, 2.75) is 39.7 Å². The van der Waals surface area contributed by atoms with Crippen LogP contribution in [0.2, 0.25) is 0 Å². The molecule has 110 valence electrons. The van der Waals surface area contributed by atoms with Crippen molar-refractivity contribution >= 4 is 11.9 Å². The van der Waals surface area contributed by atoms with Crippen LogP contribution >= 0.6 is 0 Å². The zero-order valence-corrected chi connectivity index (χ0v) is 12.9. The predicted molar refractivity (Wildman–Crippen MR) is 79.2 cm³/mol. The fourth-order valence-electron chi connectivity index (χ4n) is 2.00. The molecule has 0 aliphatic carbocycles. The van der Waals surface area contributed by atoms with Gasteiger partial charge in [0.05, 0.1) is 0 Å². The molecule has 0 aromatic carbocycles. The van der Waals surface area contributed by atoms with Crippen LogP contribution in [-0.4, -0.2) is 61.4 Å². The van der Waals surface area contributed by atoms with Crippen molar-refractivity contribution in [2.24, 2.45) is 10.9 Å². The number of aliphatic imine (C=N–C) groups is 1. The first-order valence-corrected chi connectivity index (χ1v) is 7.16. The summed E-state index contributed by atoms with van der Waals surface area (Å²) in [6.07, 6.45) is 2.39. The highest BCUT2D eigenvalue weighted by molar-refractivity contribution is 5.85. The summed E-state index contributed by atoms with van der Waals surface area (Å²) in [4.78, 5) is 20.0.